The second-order valence-corrected chi connectivity index (χ2v) is 7.97. The molecule has 0 rings (SSSR count). The summed E-state index contributed by atoms with van der Waals surface area (Å²) in [5.74, 6) is 0. The predicted octanol–water partition coefficient (Wildman–Crippen LogP) is -0.472. The van der Waals surface area contributed by atoms with Crippen LogP contribution in [-0.4, -0.2) is 61.8 Å². The zero-order chi connectivity index (χ0) is 13.3. The quantitative estimate of drug-likeness (QED) is 0.657. The number of halogens is 1. The van der Waals surface area contributed by atoms with Crippen LogP contribution in [0, 0.1) is 0 Å². The number of rotatable bonds is 1. The van der Waals surface area contributed by atoms with Gasteiger partial charge < -0.3 is 5.32 Å². The average Bonchev–Trinajstić information content (AvgIpc) is 1.81. The first-order valence-electron chi connectivity index (χ1n) is 3.71. The minimum absolute atomic E-state index is 0.925. The van der Waals surface area contributed by atoms with Crippen molar-refractivity contribution in [2.24, 2.45) is 0 Å². The maximum absolute atomic E-state index is 10.3. The highest BCUT2D eigenvalue weighted by atomic mass is 35.7. The Hall–Kier alpha value is 0.110. The van der Waals surface area contributed by atoms with E-state index in [-0.39, 0.29) is 0 Å². The van der Waals surface area contributed by atoms with Crippen LogP contribution in [0.3, 0.4) is 0 Å². The second-order valence-electron chi connectivity index (χ2n) is 2.73. The molecule has 0 unspecified atom stereocenters. The van der Waals surface area contributed by atoms with Crippen LogP contribution in [0.15, 0.2) is 0 Å². The Labute approximate surface area is 97.1 Å². The van der Waals surface area contributed by atoms with Crippen molar-refractivity contribution in [1.29, 1.82) is 0 Å². The molecule has 0 radical (unpaired) electrons. The molecule has 0 bridgehead atoms. The minimum atomic E-state index is -3.19. The predicted molar refractivity (Wildman–Crippen MR) is 64.2 cm³/mol. The largest absolute Gasteiger partial charge is 0.323 e. The molecule has 0 aromatic carbocycles. The van der Waals surface area contributed by atoms with Crippen LogP contribution in [0.4, 0.5) is 0 Å². The maximum Gasteiger partial charge on any atom is 0.229 e. The van der Waals surface area contributed by atoms with Gasteiger partial charge in [0, 0.05) is 24.8 Å². The standard InChI is InChI=1S/C3H9NO2S.C2H7N.CH3ClO2S/c1-4(2)7(3,5)6;1-3-2;1-5(2,3)4/h1-3H3;3H,1-2H3;1H3. The van der Waals surface area contributed by atoms with Crippen LogP contribution in [0.25, 0.3) is 0 Å². The molecule has 0 aliphatic heterocycles. The summed E-state index contributed by atoms with van der Waals surface area (Å²) in [5.41, 5.74) is 0. The van der Waals surface area contributed by atoms with Gasteiger partial charge in [-0.1, -0.05) is 0 Å². The minimum Gasteiger partial charge on any atom is -0.323 e. The smallest absolute Gasteiger partial charge is 0.229 e. The van der Waals surface area contributed by atoms with Crippen molar-refractivity contribution in [3.05, 3.63) is 0 Å². The average molecular weight is 283 g/mol. The van der Waals surface area contributed by atoms with Crippen LogP contribution in [0.5, 0.6) is 0 Å². The molecule has 96 valence electrons. The van der Waals surface area contributed by atoms with Crippen LogP contribution in [0.2, 0.25) is 0 Å². The lowest BCUT2D eigenvalue weighted by molar-refractivity contribution is 0.527. The van der Waals surface area contributed by atoms with Crippen molar-refractivity contribution in [3.63, 3.8) is 0 Å². The molecule has 1 N–H and O–H groups in total. The summed E-state index contributed by atoms with van der Waals surface area (Å²) in [7, 11) is 5.14. The van der Waals surface area contributed by atoms with Gasteiger partial charge in [-0.2, -0.15) is 0 Å². The van der Waals surface area contributed by atoms with Crippen molar-refractivity contribution in [2.45, 2.75) is 0 Å². The van der Waals surface area contributed by atoms with E-state index < -0.39 is 19.1 Å². The Kier molecular flexibility index (Phi) is 12.8. The van der Waals surface area contributed by atoms with E-state index in [9.17, 15) is 16.8 Å². The molecule has 0 aromatic heterocycles. The normalized spacial score (nSPS) is 10.9. The molecule has 0 aliphatic rings. The number of hydrogen-bond donors (Lipinski definition) is 1. The van der Waals surface area contributed by atoms with Gasteiger partial charge in [0.1, 0.15) is 0 Å². The number of nitrogens with zero attached hydrogens (tertiary/aromatic N) is 1. The van der Waals surface area contributed by atoms with Gasteiger partial charge in [-0.25, -0.2) is 21.1 Å². The topological polar surface area (TPSA) is 83.6 Å². The SMILES string of the molecule is CN(C)S(C)(=O)=O.CNC.CS(=O)(=O)Cl. The monoisotopic (exact) mass is 282 g/mol. The van der Waals surface area contributed by atoms with E-state index in [2.05, 4.69) is 16.0 Å². The highest BCUT2D eigenvalue weighted by molar-refractivity contribution is 8.13. The molecule has 0 fully saturated rings. The molecule has 0 amide bonds. The van der Waals surface area contributed by atoms with E-state index in [0.717, 1.165) is 16.8 Å². The lowest BCUT2D eigenvalue weighted by Gasteiger charge is -2.02. The van der Waals surface area contributed by atoms with Gasteiger partial charge in [-0.05, 0) is 14.1 Å². The fraction of sp³-hybridized carbons (Fsp3) is 1.00. The summed E-state index contributed by atoms with van der Waals surface area (Å²) in [6.45, 7) is 0. The molecule has 0 saturated heterocycles. The summed E-state index contributed by atoms with van der Waals surface area (Å²) in [6.07, 6.45) is 2.08. The summed E-state index contributed by atoms with van der Waals surface area (Å²) in [6, 6.07) is 0. The van der Waals surface area contributed by atoms with Crippen molar-refractivity contribution in [1.82, 2.24) is 9.62 Å². The van der Waals surface area contributed by atoms with E-state index in [1.54, 1.807) is 0 Å². The van der Waals surface area contributed by atoms with Crippen molar-refractivity contribution in [2.75, 3.05) is 40.7 Å². The van der Waals surface area contributed by atoms with Crippen LogP contribution in [0.1, 0.15) is 0 Å². The van der Waals surface area contributed by atoms with Crippen molar-refractivity contribution >= 4 is 29.8 Å². The van der Waals surface area contributed by atoms with Gasteiger partial charge in [0.15, 0.2) is 0 Å². The first-order valence-corrected chi connectivity index (χ1v) is 8.28. The molecule has 0 spiro atoms. The number of sulfonamides is 1. The van der Waals surface area contributed by atoms with Crippen LogP contribution < -0.4 is 5.32 Å². The molecule has 0 atom stereocenters. The van der Waals surface area contributed by atoms with E-state index in [1.165, 1.54) is 14.1 Å². The summed E-state index contributed by atoms with van der Waals surface area (Å²) in [4.78, 5) is 0. The summed E-state index contributed by atoms with van der Waals surface area (Å²) < 4.78 is 40.5. The number of nitrogens with one attached hydrogen (secondary N) is 1. The molecular weight excluding hydrogens is 264 g/mol. The second kappa shape index (κ2) is 9.34. The van der Waals surface area contributed by atoms with E-state index in [4.69, 9.17) is 0 Å². The van der Waals surface area contributed by atoms with Gasteiger partial charge in [0.2, 0.25) is 19.1 Å². The van der Waals surface area contributed by atoms with Gasteiger partial charge in [-0.15, -0.1) is 0 Å². The molecule has 0 heterocycles. The van der Waals surface area contributed by atoms with Crippen molar-refractivity contribution < 1.29 is 16.8 Å². The van der Waals surface area contributed by atoms with Gasteiger partial charge in [0.25, 0.3) is 0 Å². The Morgan fingerprint density at radius 3 is 1.07 bits per heavy atom. The number of hydrogen-bond acceptors (Lipinski definition) is 5. The molecule has 0 saturated carbocycles. The third kappa shape index (κ3) is 55.4. The lowest BCUT2D eigenvalue weighted by atomic mass is 11.3. The Morgan fingerprint density at radius 1 is 1.00 bits per heavy atom. The van der Waals surface area contributed by atoms with E-state index in [0.29, 0.717) is 0 Å². The zero-order valence-corrected chi connectivity index (χ0v) is 12.2. The summed E-state index contributed by atoms with van der Waals surface area (Å²) >= 11 is 0. The molecular formula is C6H19ClN2O4S2. The third-order valence-electron chi connectivity index (χ3n) is 0.663. The van der Waals surface area contributed by atoms with Crippen LogP contribution in [-0.2, 0) is 19.1 Å². The molecule has 0 aromatic rings. The van der Waals surface area contributed by atoms with Gasteiger partial charge >= 0.3 is 0 Å². The van der Waals surface area contributed by atoms with Gasteiger partial charge in [0.05, 0.1) is 12.5 Å². The van der Waals surface area contributed by atoms with Gasteiger partial charge in [-0.3, -0.25) is 0 Å². The van der Waals surface area contributed by atoms with Crippen LogP contribution >= 0.6 is 10.7 Å². The maximum atomic E-state index is 10.3. The fourth-order valence-electron chi connectivity index (χ4n) is 0. The molecule has 15 heavy (non-hydrogen) atoms. The first kappa shape index (κ1) is 20.5. The molecule has 9 heteroatoms. The Balaban J connectivity index is -0.000000158. The Morgan fingerprint density at radius 2 is 1.07 bits per heavy atom. The highest BCUT2D eigenvalue weighted by Gasteiger charge is 2.00. The molecule has 6 nitrogen and oxygen atoms in total. The Bertz CT molecular complexity index is 315. The fourth-order valence-corrected chi connectivity index (χ4v) is 0. The lowest BCUT2D eigenvalue weighted by Crippen LogP contribution is -2.19. The molecule has 0 aliphatic carbocycles. The van der Waals surface area contributed by atoms with E-state index >= 15 is 0 Å². The first-order chi connectivity index (χ1) is 6.36. The zero-order valence-electron chi connectivity index (χ0n) is 9.77. The third-order valence-corrected chi connectivity index (χ3v) is 1.99. The summed E-state index contributed by atoms with van der Waals surface area (Å²) in [5, 5.41) is 2.75. The van der Waals surface area contributed by atoms with Crippen molar-refractivity contribution in [3.8, 4) is 0 Å². The van der Waals surface area contributed by atoms with E-state index in [1.807, 2.05) is 14.1 Å². The highest BCUT2D eigenvalue weighted by Crippen LogP contribution is 1.83.